The molecular weight excluding hydrogens is 388 g/mol. The van der Waals surface area contributed by atoms with Crippen molar-refractivity contribution in [3.63, 3.8) is 0 Å². The van der Waals surface area contributed by atoms with Crippen LogP contribution in [0.5, 0.6) is 5.75 Å². The average Bonchev–Trinajstić information content (AvgIpc) is 3.25. The standard InChI is InChI=1S/C22H27ClN4O2/c1-29-19-4-2-3-16(13-19)14-22(28)27-11-9-26(10-12-27)21-15-20(24-25-21)17-5-7-18(23)8-6-17/h2-8,13,20-21,24-25H,9-12,14-15H2,1H3. The Labute approximate surface area is 176 Å². The molecule has 2 heterocycles. The van der Waals surface area contributed by atoms with Crippen LogP contribution in [0.4, 0.5) is 0 Å². The van der Waals surface area contributed by atoms with Crippen LogP contribution >= 0.6 is 11.6 Å². The molecule has 2 aliphatic rings. The van der Waals surface area contributed by atoms with Crippen LogP contribution in [0.2, 0.25) is 5.02 Å². The molecule has 0 aromatic heterocycles. The van der Waals surface area contributed by atoms with Gasteiger partial charge in [-0.15, -0.1) is 0 Å². The Morgan fingerprint density at radius 3 is 2.59 bits per heavy atom. The van der Waals surface area contributed by atoms with Crippen LogP contribution in [0.1, 0.15) is 23.6 Å². The lowest BCUT2D eigenvalue weighted by molar-refractivity contribution is -0.132. The maximum Gasteiger partial charge on any atom is 0.227 e. The first kappa shape index (κ1) is 20.2. The Morgan fingerprint density at radius 1 is 1.10 bits per heavy atom. The summed E-state index contributed by atoms with van der Waals surface area (Å²) in [5.41, 5.74) is 9.02. The number of nitrogens with one attached hydrogen (secondary N) is 2. The predicted octanol–water partition coefficient (Wildman–Crippen LogP) is 2.60. The summed E-state index contributed by atoms with van der Waals surface area (Å²) in [6.07, 6.45) is 1.67. The molecule has 29 heavy (non-hydrogen) atoms. The second kappa shape index (κ2) is 9.13. The minimum absolute atomic E-state index is 0.175. The first-order valence-electron chi connectivity index (χ1n) is 10.0. The van der Waals surface area contributed by atoms with Gasteiger partial charge in [0.15, 0.2) is 0 Å². The lowest BCUT2D eigenvalue weighted by atomic mass is 10.0. The number of carbonyl (C=O) groups is 1. The summed E-state index contributed by atoms with van der Waals surface area (Å²) in [6.45, 7) is 3.26. The molecule has 7 heteroatoms. The van der Waals surface area contributed by atoms with Gasteiger partial charge in [0.2, 0.25) is 5.91 Å². The van der Waals surface area contributed by atoms with Gasteiger partial charge in [-0.1, -0.05) is 35.9 Å². The smallest absolute Gasteiger partial charge is 0.227 e. The Kier molecular flexibility index (Phi) is 6.35. The second-order valence-corrected chi connectivity index (χ2v) is 8.03. The van der Waals surface area contributed by atoms with E-state index in [2.05, 4.69) is 27.9 Å². The van der Waals surface area contributed by atoms with Crippen molar-refractivity contribution >= 4 is 17.5 Å². The molecule has 0 aliphatic carbocycles. The molecule has 2 aromatic rings. The maximum atomic E-state index is 12.7. The summed E-state index contributed by atoms with van der Waals surface area (Å²) in [5.74, 6) is 0.963. The van der Waals surface area contributed by atoms with E-state index in [-0.39, 0.29) is 18.1 Å². The molecule has 2 unspecified atom stereocenters. The maximum absolute atomic E-state index is 12.7. The lowest BCUT2D eigenvalue weighted by Crippen LogP contribution is -2.55. The second-order valence-electron chi connectivity index (χ2n) is 7.59. The van der Waals surface area contributed by atoms with Gasteiger partial charge in [0.1, 0.15) is 5.75 Å². The van der Waals surface area contributed by atoms with Gasteiger partial charge in [-0.25, -0.2) is 10.9 Å². The quantitative estimate of drug-likeness (QED) is 0.787. The van der Waals surface area contributed by atoms with E-state index in [1.807, 2.05) is 41.3 Å². The number of amides is 1. The zero-order valence-electron chi connectivity index (χ0n) is 16.6. The fourth-order valence-electron chi connectivity index (χ4n) is 4.04. The average molecular weight is 415 g/mol. The van der Waals surface area contributed by atoms with E-state index >= 15 is 0 Å². The number of benzene rings is 2. The van der Waals surface area contributed by atoms with Gasteiger partial charge in [-0.2, -0.15) is 0 Å². The van der Waals surface area contributed by atoms with Gasteiger partial charge in [0.25, 0.3) is 0 Å². The number of hydrazine groups is 1. The van der Waals surface area contributed by atoms with Crippen LogP contribution in [-0.2, 0) is 11.2 Å². The lowest BCUT2D eigenvalue weighted by Gasteiger charge is -2.37. The van der Waals surface area contributed by atoms with Crippen molar-refractivity contribution in [1.82, 2.24) is 20.7 Å². The molecule has 0 bridgehead atoms. The molecule has 0 spiro atoms. The Morgan fingerprint density at radius 2 is 1.86 bits per heavy atom. The summed E-state index contributed by atoms with van der Waals surface area (Å²) < 4.78 is 5.25. The highest BCUT2D eigenvalue weighted by atomic mass is 35.5. The summed E-state index contributed by atoms with van der Waals surface area (Å²) in [4.78, 5) is 17.1. The highest BCUT2D eigenvalue weighted by molar-refractivity contribution is 6.30. The summed E-state index contributed by atoms with van der Waals surface area (Å²) in [5, 5.41) is 0.756. The van der Waals surface area contributed by atoms with Gasteiger partial charge in [-0.05, 0) is 41.8 Å². The summed E-state index contributed by atoms with van der Waals surface area (Å²) in [7, 11) is 1.64. The molecule has 4 rings (SSSR count). The molecule has 2 aromatic carbocycles. The molecular formula is C22H27ClN4O2. The van der Waals surface area contributed by atoms with E-state index in [0.717, 1.165) is 48.9 Å². The van der Waals surface area contributed by atoms with Crippen molar-refractivity contribution in [2.75, 3.05) is 33.3 Å². The summed E-state index contributed by atoms with van der Waals surface area (Å²) >= 11 is 5.99. The fraction of sp³-hybridized carbons (Fsp3) is 0.409. The highest BCUT2D eigenvalue weighted by Gasteiger charge is 2.32. The molecule has 154 valence electrons. The van der Waals surface area contributed by atoms with Gasteiger partial charge in [0.05, 0.1) is 19.7 Å². The van der Waals surface area contributed by atoms with Crippen molar-refractivity contribution in [3.8, 4) is 5.75 Å². The number of hydrogen-bond donors (Lipinski definition) is 2. The Balaban J connectivity index is 1.27. The van der Waals surface area contributed by atoms with Crippen molar-refractivity contribution in [2.45, 2.75) is 25.0 Å². The molecule has 2 fully saturated rings. The number of rotatable bonds is 5. The van der Waals surface area contributed by atoms with Gasteiger partial charge < -0.3 is 9.64 Å². The molecule has 6 nitrogen and oxygen atoms in total. The molecule has 2 N–H and O–H groups in total. The van der Waals surface area contributed by atoms with Crippen LogP contribution in [-0.4, -0.2) is 55.2 Å². The zero-order valence-corrected chi connectivity index (χ0v) is 17.4. The first-order chi connectivity index (χ1) is 14.1. The van der Waals surface area contributed by atoms with Crippen molar-refractivity contribution < 1.29 is 9.53 Å². The Hall–Kier alpha value is -2.12. The SMILES string of the molecule is COc1cccc(CC(=O)N2CCN(C3CC(c4ccc(Cl)cc4)NN3)CC2)c1. The first-order valence-corrected chi connectivity index (χ1v) is 10.4. The fourth-order valence-corrected chi connectivity index (χ4v) is 4.17. The van der Waals surface area contributed by atoms with Crippen LogP contribution in [0.25, 0.3) is 0 Å². The molecule has 0 radical (unpaired) electrons. The number of halogens is 1. The summed E-state index contributed by atoms with van der Waals surface area (Å²) in [6, 6.07) is 16.0. The molecule has 1 amide bonds. The van der Waals surface area contributed by atoms with E-state index < -0.39 is 0 Å². The molecule has 2 aliphatic heterocycles. The topological polar surface area (TPSA) is 56.8 Å². The third kappa shape index (κ3) is 4.90. The van der Waals surface area contributed by atoms with Crippen molar-refractivity contribution in [1.29, 1.82) is 0 Å². The van der Waals surface area contributed by atoms with E-state index in [1.54, 1.807) is 7.11 Å². The number of carbonyl (C=O) groups excluding carboxylic acids is 1. The van der Waals surface area contributed by atoms with Gasteiger partial charge in [-0.3, -0.25) is 9.69 Å². The third-order valence-corrected chi connectivity index (χ3v) is 6.00. The monoisotopic (exact) mass is 414 g/mol. The minimum Gasteiger partial charge on any atom is -0.497 e. The minimum atomic E-state index is 0.175. The molecule has 2 atom stereocenters. The van der Waals surface area contributed by atoms with Crippen molar-refractivity contribution in [3.05, 3.63) is 64.7 Å². The highest BCUT2D eigenvalue weighted by Crippen LogP contribution is 2.25. The number of piperazine rings is 1. The van der Waals surface area contributed by atoms with Crippen LogP contribution in [0.15, 0.2) is 48.5 Å². The largest absolute Gasteiger partial charge is 0.497 e. The number of nitrogens with zero attached hydrogens (tertiary/aromatic N) is 2. The molecule has 2 saturated heterocycles. The normalized spacial score (nSPS) is 22.6. The van der Waals surface area contributed by atoms with Crippen LogP contribution < -0.4 is 15.6 Å². The van der Waals surface area contributed by atoms with E-state index in [0.29, 0.717) is 6.42 Å². The number of methoxy groups -OCH3 is 1. The molecule has 0 saturated carbocycles. The van der Waals surface area contributed by atoms with E-state index in [1.165, 1.54) is 5.56 Å². The third-order valence-electron chi connectivity index (χ3n) is 5.75. The van der Waals surface area contributed by atoms with Gasteiger partial charge in [0, 0.05) is 37.2 Å². The van der Waals surface area contributed by atoms with Crippen molar-refractivity contribution in [2.24, 2.45) is 0 Å². The van der Waals surface area contributed by atoms with Crippen LogP contribution in [0.3, 0.4) is 0 Å². The number of hydrogen-bond acceptors (Lipinski definition) is 5. The zero-order chi connectivity index (χ0) is 20.2. The van der Waals surface area contributed by atoms with Gasteiger partial charge >= 0.3 is 0 Å². The van der Waals surface area contributed by atoms with E-state index in [4.69, 9.17) is 16.3 Å². The number of ether oxygens (including phenoxy) is 1. The van der Waals surface area contributed by atoms with Crippen LogP contribution in [0, 0.1) is 0 Å². The Bertz CT molecular complexity index is 837. The predicted molar refractivity (Wildman–Crippen MR) is 114 cm³/mol. The van der Waals surface area contributed by atoms with E-state index in [9.17, 15) is 4.79 Å².